The molecule has 2 saturated heterocycles. The highest BCUT2D eigenvalue weighted by atomic mass is 15.4. The highest BCUT2D eigenvalue weighted by molar-refractivity contribution is 5.56. The lowest BCUT2D eigenvalue weighted by molar-refractivity contribution is -0.0189. The number of hydrogen-bond donors (Lipinski definition) is 1. The van der Waals surface area contributed by atoms with E-state index in [2.05, 4.69) is 54.2 Å². The second kappa shape index (κ2) is 10.2. The molecular weight excluding hydrogens is 500 g/mol. The minimum Gasteiger partial charge on any atom is -0.365 e. The fourth-order valence-electron chi connectivity index (χ4n) is 7.10. The van der Waals surface area contributed by atoms with Gasteiger partial charge in [0.05, 0.1) is 17.6 Å². The molecular formula is C30H30N10. The van der Waals surface area contributed by atoms with Crippen LogP contribution in [0.3, 0.4) is 0 Å². The summed E-state index contributed by atoms with van der Waals surface area (Å²) in [5.74, 6) is 1.34. The first-order valence-corrected chi connectivity index (χ1v) is 13.8. The fraction of sp³-hybridized carbons (Fsp3) is 0.300. The van der Waals surface area contributed by atoms with E-state index in [0.29, 0.717) is 12.4 Å². The van der Waals surface area contributed by atoms with Crippen LogP contribution in [-0.2, 0) is 11.1 Å². The van der Waals surface area contributed by atoms with E-state index < -0.39 is 11.1 Å². The number of anilines is 1. The Morgan fingerprint density at radius 3 is 2.30 bits per heavy atom. The third kappa shape index (κ3) is 3.56. The van der Waals surface area contributed by atoms with E-state index >= 15 is 0 Å². The lowest BCUT2D eigenvalue weighted by Crippen LogP contribution is -2.73. The molecule has 1 N–H and O–H groups in total. The molecule has 2 aliphatic heterocycles. The molecule has 0 bridgehead atoms. The lowest BCUT2D eigenvalue weighted by atomic mass is 9.58. The molecule has 10 heteroatoms. The van der Waals surface area contributed by atoms with Gasteiger partial charge in [0.1, 0.15) is 5.54 Å². The first-order valence-electron chi connectivity index (χ1n) is 13.8. The summed E-state index contributed by atoms with van der Waals surface area (Å²) in [6, 6.07) is 16.2. The molecule has 200 valence electrons. The average molecular weight is 531 g/mol. The van der Waals surface area contributed by atoms with Gasteiger partial charge in [0, 0.05) is 61.5 Å². The van der Waals surface area contributed by atoms with E-state index in [1.807, 2.05) is 42.9 Å². The van der Waals surface area contributed by atoms with E-state index in [-0.39, 0.29) is 5.92 Å². The van der Waals surface area contributed by atoms with Crippen molar-refractivity contribution >= 4 is 5.82 Å². The van der Waals surface area contributed by atoms with Crippen LogP contribution in [0.2, 0.25) is 0 Å². The summed E-state index contributed by atoms with van der Waals surface area (Å²) in [6.07, 6.45) is 17.5. The van der Waals surface area contributed by atoms with E-state index in [4.69, 9.17) is 19.9 Å². The molecule has 7 heterocycles. The molecule has 3 unspecified atom stereocenters. The van der Waals surface area contributed by atoms with Crippen molar-refractivity contribution in [2.75, 3.05) is 24.5 Å². The van der Waals surface area contributed by atoms with Crippen molar-refractivity contribution in [3.05, 3.63) is 121 Å². The van der Waals surface area contributed by atoms with Gasteiger partial charge in [-0.25, -0.2) is 9.97 Å². The van der Waals surface area contributed by atoms with Crippen molar-refractivity contribution in [1.82, 2.24) is 45.0 Å². The van der Waals surface area contributed by atoms with Crippen LogP contribution in [0.15, 0.2) is 98.1 Å². The summed E-state index contributed by atoms with van der Waals surface area (Å²) in [5, 5.41) is 8.94. The number of aromatic amines is 1. The van der Waals surface area contributed by atoms with Crippen LogP contribution in [0, 0.1) is 0 Å². The first-order chi connectivity index (χ1) is 19.9. The Kier molecular flexibility index (Phi) is 6.24. The van der Waals surface area contributed by atoms with Crippen molar-refractivity contribution in [3.8, 4) is 0 Å². The van der Waals surface area contributed by atoms with Crippen molar-refractivity contribution in [1.29, 1.82) is 0 Å². The summed E-state index contributed by atoms with van der Waals surface area (Å²) < 4.78 is 0. The van der Waals surface area contributed by atoms with Crippen molar-refractivity contribution < 1.29 is 0 Å². The monoisotopic (exact) mass is 530 g/mol. The molecule has 10 nitrogen and oxygen atoms in total. The van der Waals surface area contributed by atoms with E-state index in [1.54, 1.807) is 31.0 Å². The number of pyridine rings is 1. The predicted octanol–water partition coefficient (Wildman–Crippen LogP) is 3.71. The van der Waals surface area contributed by atoms with Gasteiger partial charge in [0.25, 0.3) is 0 Å². The molecule has 5 aromatic heterocycles. The Bertz CT molecular complexity index is 1470. The third-order valence-corrected chi connectivity index (χ3v) is 8.42. The number of nitrogens with one attached hydrogen (secondary N) is 1. The van der Waals surface area contributed by atoms with Crippen LogP contribution >= 0.6 is 0 Å². The number of hydrogen-bond acceptors (Lipinski definition) is 9. The Balaban J connectivity index is 1.68. The molecule has 2 aliphatic rings. The molecule has 7 rings (SSSR count). The normalized spacial score (nSPS) is 25.2. The maximum atomic E-state index is 5.13. The van der Waals surface area contributed by atoms with Gasteiger partial charge >= 0.3 is 0 Å². The number of H-pyrrole nitrogens is 1. The Labute approximate surface area is 232 Å². The van der Waals surface area contributed by atoms with Gasteiger partial charge in [-0.15, -0.1) is 5.10 Å². The molecule has 0 saturated carbocycles. The highest BCUT2D eigenvalue weighted by Gasteiger charge is 2.70. The van der Waals surface area contributed by atoms with E-state index in [1.165, 1.54) is 0 Å². The Morgan fingerprint density at radius 1 is 0.750 bits per heavy atom. The van der Waals surface area contributed by atoms with Crippen LogP contribution in [-0.4, -0.2) is 64.6 Å². The lowest BCUT2D eigenvalue weighted by Gasteiger charge is -2.63. The van der Waals surface area contributed by atoms with Crippen LogP contribution in [0.1, 0.15) is 48.1 Å². The topological polar surface area (TPSA) is 113 Å². The molecule has 5 aromatic rings. The quantitative estimate of drug-likeness (QED) is 0.351. The van der Waals surface area contributed by atoms with Gasteiger partial charge in [-0.3, -0.25) is 19.9 Å². The van der Waals surface area contributed by atoms with Gasteiger partial charge < -0.3 is 9.88 Å². The van der Waals surface area contributed by atoms with Gasteiger partial charge in [-0.05, 0) is 74.8 Å². The SMILES string of the molecule is c1ccc(C2(N3CCCC3)C(c3ccc[nH]3)CCN(c3cccnn3)C2(c2cnccn2)c2ncccn2)nc1. The van der Waals surface area contributed by atoms with Gasteiger partial charge in [0.2, 0.25) is 0 Å². The molecule has 0 amide bonds. The smallest absolute Gasteiger partial charge is 0.170 e. The highest BCUT2D eigenvalue weighted by Crippen LogP contribution is 2.62. The molecule has 40 heavy (non-hydrogen) atoms. The second-order valence-corrected chi connectivity index (χ2v) is 10.2. The molecule has 0 aliphatic carbocycles. The molecule has 3 atom stereocenters. The summed E-state index contributed by atoms with van der Waals surface area (Å²) >= 11 is 0. The maximum Gasteiger partial charge on any atom is 0.170 e. The average Bonchev–Trinajstić information content (AvgIpc) is 3.78. The zero-order chi connectivity index (χ0) is 26.8. The van der Waals surface area contributed by atoms with Crippen molar-refractivity contribution in [3.63, 3.8) is 0 Å². The minimum atomic E-state index is -1.06. The van der Waals surface area contributed by atoms with Crippen LogP contribution in [0.25, 0.3) is 0 Å². The molecule has 0 spiro atoms. The zero-order valence-corrected chi connectivity index (χ0v) is 22.1. The Hall–Kier alpha value is -4.57. The second-order valence-electron chi connectivity index (χ2n) is 10.2. The summed E-state index contributed by atoms with van der Waals surface area (Å²) in [7, 11) is 0. The van der Waals surface area contributed by atoms with Crippen molar-refractivity contribution in [2.24, 2.45) is 0 Å². The summed E-state index contributed by atoms with van der Waals surface area (Å²) in [4.78, 5) is 33.2. The number of aromatic nitrogens is 8. The van der Waals surface area contributed by atoms with Gasteiger partial charge in [-0.1, -0.05) is 6.07 Å². The minimum absolute atomic E-state index is 0.00534. The third-order valence-electron chi connectivity index (χ3n) is 8.42. The van der Waals surface area contributed by atoms with Gasteiger partial charge in [0.15, 0.2) is 17.2 Å². The van der Waals surface area contributed by atoms with Crippen LogP contribution < -0.4 is 4.90 Å². The number of nitrogens with zero attached hydrogens (tertiary/aromatic N) is 9. The number of piperidine rings is 1. The van der Waals surface area contributed by atoms with E-state index in [0.717, 1.165) is 55.3 Å². The van der Waals surface area contributed by atoms with E-state index in [9.17, 15) is 0 Å². The predicted molar refractivity (Wildman–Crippen MR) is 149 cm³/mol. The number of rotatable bonds is 6. The Morgan fingerprint density at radius 2 is 1.60 bits per heavy atom. The zero-order valence-electron chi connectivity index (χ0n) is 22.1. The molecule has 2 fully saturated rings. The molecule has 0 radical (unpaired) electrons. The first kappa shape index (κ1) is 24.5. The van der Waals surface area contributed by atoms with Crippen LogP contribution in [0.5, 0.6) is 0 Å². The van der Waals surface area contributed by atoms with Gasteiger partial charge in [-0.2, -0.15) is 5.10 Å². The van der Waals surface area contributed by atoms with Crippen LogP contribution in [0.4, 0.5) is 5.82 Å². The fourth-order valence-corrected chi connectivity index (χ4v) is 7.10. The summed E-state index contributed by atoms with van der Waals surface area (Å²) in [6.45, 7) is 2.47. The number of likely N-dealkylation sites (tertiary alicyclic amines) is 1. The maximum absolute atomic E-state index is 5.13. The molecule has 0 aromatic carbocycles. The standard InChI is InChI=1S/C30H30N10/c1-2-12-33-25(9-1)29(39-19-3-4-20-39)23(24-8-5-13-32-24)11-21-40(27-10-6-16-37-38-27)30(29,26-22-31-17-18-34-26)28-35-14-7-15-36-28/h1-2,5-10,12-18,22-23,32H,3-4,11,19-21H2. The van der Waals surface area contributed by atoms with Crippen molar-refractivity contribution in [2.45, 2.75) is 36.3 Å². The summed E-state index contributed by atoms with van der Waals surface area (Å²) in [5.41, 5.74) is 0.957. The largest absolute Gasteiger partial charge is 0.365 e.